The van der Waals surface area contributed by atoms with Crippen LogP contribution in [0.4, 0.5) is 0 Å². The van der Waals surface area contributed by atoms with Gasteiger partial charge in [0, 0.05) is 37.8 Å². The molecule has 0 aromatic carbocycles. The van der Waals surface area contributed by atoms with Crippen molar-refractivity contribution in [1.29, 1.82) is 0 Å². The summed E-state index contributed by atoms with van der Waals surface area (Å²) in [5.41, 5.74) is 5.75. The lowest BCUT2D eigenvalue weighted by Gasteiger charge is -2.20. The fraction of sp³-hybridized carbons (Fsp3) is 1.00. The Hall–Kier alpha value is -0.160. The number of nitrogens with two attached hydrogens (primary N) is 1. The minimum Gasteiger partial charge on any atom is -0.327 e. The summed E-state index contributed by atoms with van der Waals surface area (Å²) in [6.07, 6.45) is 11.1. The maximum atomic E-state index is 5.75. The minimum absolute atomic E-state index is 0.225. The second-order valence-electron chi connectivity index (χ2n) is 7.27. The minimum atomic E-state index is 0.225. The molecule has 0 aliphatic heterocycles. The molecule has 4 heteroatoms. The SMILES string of the molecule is CCCCCCCCCCNCC(C)NCC(C)NCC(C)N. The van der Waals surface area contributed by atoms with E-state index in [1.165, 1.54) is 51.4 Å². The normalized spacial score (nSPS) is 15.5. The van der Waals surface area contributed by atoms with Crippen LogP contribution in [0.1, 0.15) is 79.1 Å². The third-order valence-electron chi connectivity index (χ3n) is 4.22. The van der Waals surface area contributed by atoms with E-state index < -0.39 is 0 Å². The highest BCUT2D eigenvalue weighted by Gasteiger charge is 2.05. The monoisotopic (exact) mass is 328 g/mol. The summed E-state index contributed by atoms with van der Waals surface area (Å²) in [7, 11) is 0. The van der Waals surface area contributed by atoms with Gasteiger partial charge in [0.15, 0.2) is 0 Å². The summed E-state index contributed by atoms with van der Waals surface area (Å²) in [5.74, 6) is 0. The zero-order valence-electron chi connectivity index (χ0n) is 16.3. The van der Waals surface area contributed by atoms with Crippen molar-refractivity contribution in [3.05, 3.63) is 0 Å². The maximum Gasteiger partial charge on any atom is 0.0164 e. The molecule has 0 saturated carbocycles. The molecule has 3 unspecified atom stereocenters. The molecule has 0 rings (SSSR count). The highest BCUT2D eigenvalue weighted by molar-refractivity contribution is 4.71. The average Bonchev–Trinajstić information content (AvgIpc) is 2.52. The van der Waals surface area contributed by atoms with Gasteiger partial charge in [0.1, 0.15) is 0 Å². The first-order valence-corrected chi connectivity index (χ1v) is 9.99. The van der Waals surface area contributed by atoms with E-state index in [0.29, 0.717) is 12.1 Å². The molecule has 4 nitrogen and oxygen atoms in total. The van der Waals surface area contributed by atoms with Gasteiger partial charge in [-0.2, -0.15) is 0 Å². The van der Waals surface area contributed by atoms with E-state index in [0.717, 1.165) is 26.2 Å². The molecular weight excluding hydrogens is 284 g/mol. The smallest absolute Gasteiger partial charge is 0.0164 e. The highest BCUT2D eigenvalue weighted by Crippen LogP contribution is 2.07. The van der Waals surface area contributed by atoms with Gasteiger partial charge in [-0.15, -0.1) is 0 Å². The molecule has 0 fully saturated rings. The lowest BCUT2D eigenvalue weighted by molar-refractivity contribution is 0.435. The van der Waals surface area contributed by atoms with Crippen molar-refractivity contribution in [3.63, 3.8) is 0 Å². The number of nitrogens with one attached hydrogen (secondary N) is 3. The predicted octanol–water partition coefficient (Wildman–Crippen LogP) is 3.02. The first-order chi connectivity index (χ1) is 11.1. The Labute approximate surface area is 145 Å². The molecule has 5 N–H and O–H groups in total. The summed E-state index contributed by atoms with van der Waals surface area (Å²) in [6, 6.07) is 1.21. The number of unbranched alkanes of at least 4 members (excludes halogenated alkanes) is 7. The van der Waals surface area contributed by atoms with Gasteiger partial charge in [0.2, 0.25) is 0 Å². The van der Waals surface area contributed by atoms with Gasteiger partial charge in [0.05, 0.1) is 0 Å². The van der Waals surface area contributed by atoms with Gasteiger partial charge in [-0.1, -0.05) is 51.9 Å². The lowest BCUT2D eigenvalue weighted by atomic mass is 10.1. The van der Waals surface area contributed by atoms with Crippen molar-refractivity contribution in [1.82, 2.24) is 16.0 Å². The highest BCUT2D eigenvalue weighted by atomic mass is 15.0. The quantitative estimate of drug-likeness (QED) is 0.310. The number of rotatable bonds is 17. The molecular formula is C19H44N4. The Morgan fingerprint density at radius 3 is 1.83 bits per heavy atom. The molecule has 0 radical (unpaired) electrons. The van der Waals surface area contributed by atoms with Gasteiger partial charge in [-0.05, 0) is 33.7 Å². The van der Waals surface area contributed by atoms with E-state index in [1.807, 2.05) is 6.92 Å². The maximum absolute atomic E-state index is 5.75. The van der Waals surface area contributed by atoms with Crippen LogP contribution in [0, 0.1) is 0 Å². The summed E-state index contributed by atoms with van der Waals surface area (Å²) >= 11 is 0. The molecule has 0 saturated heterocycles. The molecule has 3 atom stereocenters. The van der Waals surface area contributed by atoms with Gasteiger partial charge < -0.3 is 21.7 Å². The standard InChI is InChI=1S/C19H44N4/c1-5-6-7-8-9-10-11-12-13-21-15-18(3)23-16-19(4)22-14-17(2)20/h17-19,21-23H,5-16,20H2,1-4H3. The third kappa shape index (κ3) is 18.0. The Kier molecular flexibility index (Phi) is 16.6. The molecule has 0 amide bonds. The van der Waals surface area contributed by atoms with Crippen LogP contribution in [-0.4, -0.2) is 44.3 Å². The van der Waals surface area contributed by atoms with Crippen molar-refractivity contribution in [2.45, 2.75) is 97.2 Å². The Balaban J connectivity index is 3.28. The van der Waals surface area contributed by atoms with E-state index in [4.69, 9.17) is 5.73 Å². The molecule has 140 valence electrons. The largest absolute Gasteiger partial charge is 0.327 e. The van der Waals surface area contributed by atoms with Crippen LogP contribution in [0.5, 0.6) is 0 Å². The van der Waals surface area contributed by atoms with Crippen LogP contribution >= 0.6 is 0 Å². The van der Waals surface area contributed by atoms with Crippen LogP contribution in [0.15, 0.2) is 0 Å². The van der Waals surface area contributed by atoms with Crippen molar-refractivity contribution in [3.8, 4) is 0 Å². The second kappa shape index (κ2) is 16.7. The number of hydrogen-bond acceptors (Lipinski definition) is 4. The molecule has 0 spiro atoms. The zero-order chi connectivity index (χ0) is 17.3. The second-order valence-corrected chi connectivity index (χ2v) is 7.27. The molecule has 0 aliphatic rings. The molecule has 0 aromatic rings. The van der Waals surface area contributed by atoms with Gasteiger partial charge in [0.25, 0.3) is 0 Å². The molecule has 0 bridgehead atoms. The van der Waals surface area contributed by atoms with Crippen LogP contribution in [-0.2, 0) is 0 Å². The fourth-order valence-corrected chi connectivity index (χ4v) is 2.61. The number of hydrogen-bond donors (Lipinski definition) is 4. The Morgan fingerprint density at radius 1 is 0.696 bits per heavy atom. The average molecular weight is 329 g/mol. The van der Waals surface area contributed by atoms with Crippen LogP contribution in [0.2, 0.25) is 0 Å². The molecule has 0 heterocycles. The molecule has 0 aliphatic carbocycles. The van der Waals surface area contributed by atoms with Crippen molar-refractivity contribution < 1.29 is 0 Å². The van der Waals surface area contributed by atoms with Crippen LogP contribution in [0.25, 0.3) is 0 Å². The van der Waals surface area contributed by atoms with E-state index in [1.54, 1.807) is 0 Å². The fourth-order valence-electron chi connectivity index (χ4n) is 2.61. The van der Waals surface area contributed by atoms with Crippen LogP contribution in [0.3, 0.4) is 0 Å². The van der Waals surface area contributed by atoms with Crippen molar-refractivity contribution >= 4 is 0 Å². The summed E-state index contributed by atoms with van der Waals surface area (Å²) in [5, 5.41) is 10.6. The Morgan fingerprint density at radius 2 is 1.22 bits per heavy atom. The zero-order valence-corrected chi connectivity index (χ0v) is 16.3. The van der Waals surface area contributed by atoms with Crippen LogP contribution < -0.4 is 21.7 Å². The van der Waals surface area contributed by atoms with E-state index in [2.05, 4.69) is 36.7 Å². The molecule has 23 heavy (non-hydrogen) atoms. The summed E-state index contributed by atoms with van der Waals surface area (Å²) in [4.78, 5) is 0. The predicted molar refractivity (Wildman–Crippen MR) is 104 cm³/mol. The first-order valence-electron chi connectivity index (χ1n) is 9.99. The van der Waals surface area contributed by atoms with Gasteiger partial charge in [-0.25, -0.2) is 0 Å². The summed E-state index contributed by atoms with van der Waals surface area (Å²) < 4.78 is 0. The van der Waals surface area contributed by atoms with E-state index in [9.17, 15) is 0 Å². The Bertz CT molecular complexity index is 233. The topological polar surface area (TPSA) is 62.1 Å². The van der Waals surface area contributed by atoms with E-state index in [-0.39, 0.29) is 6.04 Å². The molecule has 0 aromatic heterocycles. The van der Waals surface area contributed by atoms with Crippen molar-refractivity contribution in [2.24, 2.45) is 5.73 Å². The van der Waals surface area contributed by atoms with Crippen molar-refractivity contribution in [2.75, 3.05) is 26.2 Å². The lowest BCUT2D eigenvalue weighted by Crippen LogP contribution is -2.45. The first kappa shape index (κ1) is 22.8. The van der Waals surface area contributed by atoms with Gasteiger partial charge in [-0.3, -0.25) is 0 Å². The van der Waals surface area contributed by atoms with E-state index >= 15 is 0 Å². The summed E-state index contributed by atoms with van der Waals surface area (Å²) in [6.45, 7) is 12.8. The third-order valence-corrected chi connectivity index (χ3v) is 4.22. The van der Waals surface area contributed by atoms with Gasteiger partial charge >= 0.3 is 0 Å².